The Hall–Kier alpha value is -0.0800. The lowest BCUT2D eigenvalue weighted by Crippen LogP contribution is -2.46. The Labute approximate surface area is 101 Å². The van der Waals surface area contributed by atoms with E-state index >= 15 is 0 Å². The van der Waals surface area contributed by atoms with Gasteiger partial charge in [-0.2, -0.15) is 0 Å². The van der Waals surface area contributed by atoms with Crippen LogP contribution in [-0.2, 0) is 0 Å². The third-order valence-corrected chi connectivity index (χ3v) is 4.48. The molecule has 1 heterocycles. The number of nitrogens with zero attached hydrogens (tertiary/aromatic N) is 1. The highest BCUT2D eigenvalue weighted by Gasteiger charge is 2.30. The summed E-state index contributed by atoms with van der Waals surface area (Å²) in [4.78, 5) is 2.77. The molecular weight excluding hydrogens is 196 g/mol. The molecule has 4 atom stereocenters. The van der Waals surface area contributed by atoms with Crippen molar-refractivity contribution in [2.45, 2.75) is 58.5 Å². The van der Waals surface area contributed by atoms with Crippen molar-refractivity contribution < 1.29 is 0 Å². The Kier molecular flexibility index (Phi) is 4.26. The van der Waals surface area contributed by atoms with Crippen LogP contribution in [-0.4, -0.2) is 36.6 Å². The minimum atomic E-state index is 0.675. The van der Waals surface area contributed by atoms with Crippen LogP contribution in [0.5, 0.6) is 0 Å². The summed E-state index contributed by atoms with van der Waals surface area (Å²) in [7, 11) is 0. The van der Waals surface area contributed by atoms with E-state index in [1.165, 1.54) is 45.3 Å². The monoisotopic (exact) mass is 224 g/mol. The van der Waals surface area contributed by atoms with Crippen molar-refractivity contribution in [1.29, 1.82) is 0 Å². The molecule has 2 rings (SSSR count). The molecule has 0 amide bonds. The Morgan fingerprint density at radius 1 is 1.12 bits per heavy atom. The smallest absolute Gasteiger partial charge is 0.0166 e. The van der Waals surface area contributed by atoms with Crippen LogP contribution >= 0.6 is 0 Å². The zero-order chi connectivity index (χ0) is 11.5. The molecule has 1 aliphatic carbocycles. The fraction of sp³-hybridized carbons (Fsp3) is 1.00. The van der Waals surface area contributed by atoms with Crippen molar-refractivity contribution in [2.75, 3.05) is 19.6 Å². The van der Waals surface area contributed by atoms with Gasteiger partial charge in [-0.3, -0.25) is 4.90 Å². The average Bonchev–Trinajstić information content (AvgIpc) is 2.43. The summed E-state index contributed by atoms with van der Waals surface area (Å²) >= 11 is 0. The maximum atomic E-state index is 3.60. The van der Waals surface area contributed by atoms with Gasteiger partial charge in [0.15, 0.2) is 0 Å². The van der Waals surface area contributed by atoms with E-state index in [1.807, 2.05) is 0 Å². The first-order valence-electron chi connectivity index (χ1n) is 7.14. The van der Waals surface area contributed by atoms with Crippen LogP contribution in [0.25, 0.3) is 0 Å². The van der Waals surface area contributed by atoms with E-state index in [1.54, 1.807) is 0 Å². The van der Waals surface area contributed by atoms with E-state index in [0.717, 1.165) is 17.9 Å². The Morgan fingerprint density at radius 2 is 1.94 bits per heavy atom. The lowest BCUT2D eigenvalue weighted by atomic mass is 9.79. The van der Waals surface area contributed by atoms with Crippen molar-refractivity contribution in [3.63, 3.8) is 0 Å². The largest absolute Gasteiger partial charge is 0.313 e. The average molecular weight is 224 g/mol. The molecule has 0 aromatic heterocycles. The van der Waals surface area contributed by atoms with Gasteiger partial charge in [0.25, 0.3) is 0 Å². The molecule has 16 heavy (non-hydrogen) atoms. The fourth-order valence-electron chi connectivity index (χ4n) is 3.63. The summed E-state index contributed by atoms with van der Waals surface area (Å²) in [6, 6.07) is 1.53. The lowest BCUT2D eigenvalue weighted by Gasteiger charge is -2.40. The number of nitrogens with one attached hydrogen (secondary N) is 1. The maximum Gasteiger partial charge on any atom is 0.0166 e. The highest BCUT2D eigenvalue weighted by molar-refractivity contribution is 4.86. The number of rotatable bonds is 1. The zero-order valence-electron chi connectivity index (χ0n) is 11.2. The van der Waals surface area contributed by atoms with Crippen LogP contribution in [0.1, 0.15) is 46.5 Å². The summed E-state index contributed by atoms with van der Waals surface area (Å²) in [6.45, 7) is 11.0. The molecule has 0 aromatic carbocycles. The van der Waals surface area contributed by atoms with Crippen molar-refractivity contribution >= 4 is 0 Å². The van der Waals surface area contributed by atoms with E-state index in [2.05, 4.69) is 31.0 Å². The molecule has 2 fully saturated rings. The molecule has 1 saturated heterocycles. The first-order valence-corrected chi connectivity index (χ1v) is 7.14. The van der Waals surface area contributed by atoms with Crippen LogP contribution in [0.3, 0.4) is 0 Å². The van der Waals surface area contributed by atoms with Gasteiger partial charge in [-0.1, -0.05) is 13.8 Å². The molecular formula is C14H28N2. The Morgan fingerprint density at radius 3 is 2.69 bits per heavy atom. The van der Waals surface area contributed by atoms with Gasteiger partial charge in [0.2, 0.25) is 0 Å². The standard InChI is InChI=1S/C14H28N2/c1-11-5-6-14(12(2)9-11)16-8-4-7-15-13(3)10-16/h11-15H,4-10H2,1-3H3. The summed E-state index contributed by atoms with van der Waals surface area (Å²) in [5.41, 5.74) is 0. The minimum absolute atomic E-state index is 0.675. The van der Waals surface area contributed by atoms with E-state index in [0.29, 0.717) is 6.04 Å². The molecule has 1 aliphatic heterocycles. The van der Waals surface area contributed by atoms with Crippen LogP contribution in [0.4, 0.5) is 0 Å². The van der Waals surface area contributed by atoms with Gasteiger partial charge in [0, 0.05) is 18.6 Å². The van der Waals surface area contributed by atoms with E-state index in [9.17, 15) is 0 Å². The number of hydrogen-bond acceptors (Lipinski definition) is 2. The molecule has 1 N–H and O–H groups in total. The quantitative estimate of drug-likeness (QED) is 0.736. The topological polar surface area (TPSA) is 15.3 Å². The molecule has 0 spiro atoms. The molecule has 0 aromatic rings. The maximum absolute atomic E-state index is 3.60. The first kappa shape index (κ1) is 12.4. The molecule has 1 saturated carbocycles. The van der Waals surface area contributed by atoms with Gasteiger partial charge < -0.3 is 5.32 Å². The molecule has 2 aliphatic rings. The molecule has 94 valence electrons. The van der Waals surface area contributed by atoms with E-state index in [-0.39, 0.29) is 0 Å². The second kappa shape index (κ2) is 5.50. The van der Waals surface area contributed by atoms with Gasteiger partial charge >= 0.3 is 0 Å². The molecule has 2 heteroatoms. The summed E-state index contributed by atoms with van der Waals surface area (Å²) in [5.74, 6) is 1.85. The molecule has 2 nitrogen and oxygen atoms in total. The first-order chi connectivity index (χ1) is 7.66. The van der Waals surface area contributed by atoms with E-state index < -0.39 is 0 Å². The second-order valence-electron chi connectivity index (χ2n) is 6.17. The predicted octanol–water partition coefficient (Wildman–Crippen LogP) is 2.49. The third-order valence-electron chi connectivity index (χ3n) is 4.48. The van der Waals surface area contributed by atoms with E-state index in [4.69, 9.17) is 0 Å². The SMILES string of the molecule is CC1CCC(N2CCCNC(C)C2)C(C)C1. The van der Waals surface area contributed by atoms with Gasteiger partial charge in [-0.05, 0) is 57.5 Å². The van der Waals surface area contributed by atoms with Crippen LogP contribution in [0.15, 0.2) is 0 Å². The fourth-order valence-corrected chi connectivity index (χ4v) is 3.63. The van der Waals surface area contributed by atoms with Crippen molar-refractivity contribution in [2.24, 2.45) is 11.8 Å². The summed E-state index contributed by atoms with van der Waals surface area (Å²) < 4.78 is 0. The minimum Gasteiger partial charge on any atom is -0.313 e. The van der Waals surface area contributed by atoms with Gasteiger partial charge in [-0.15, -0.1) is 0 Å². The zero-order valence-corrected chi connectivity index (χ0v) is 11.2. The number of hydrogen-bond donors (Lipinski definition) is 1. The Balaban J connectivity index is 1.94. The van der Waals surface area contributed by atoms with Gasteiger partial charge in [0.1, 0.15) is 0 Å². The normalized spacial score (nSPS) is 42.9. The highest BCUT2D eigenvalue weighted by atomic mass is 15.2. The highest BCUT2D eigenvalue weighted by Crippen LogP contribution is 2.32. The van der Waals surface area contributed by atoms with Crippen LogP contribution in [0, 0.1) is 11.8 Å². The summed E-state index contributed by atoms with van der Waals surface area (Å²) in [5, 5.41) is 3.60. The molecule has 4 unspecified atom stereocenters. The Bertz CT molecular complexity index is 217. The lowest BCUT2D eigenvalue weighted by molar-refractivity contribution is 0.0931. The van der Waals surface area contributed by atoms with Crippen LogP contribution < -0.4 is 5.32 Å². The van der Waals surface area contributed by atoms with Crippen molar-refractivity contribution in [3.05, 3.63) is 0 Å². The van der Waals surface area contributed by atoms with Crippen LogP contribution in [0.2, 0.25) is 0 Å². The molecule has 0 bridgehead atoms. The van der Waals surface area contributed by atoms with Gasteiger partial charge in [-0.25, -0.2) is 0 Å². The van der Waals surface area contributed by atoms with Gasteiger partial charge in [0.05, 0.1) is 0 Å². The summed E-state index contributed by atoms with van der Waals surface area (Å²) in [6.07, 6.45) is 5.62. The predicted molar refractivity (Wildman–Crippen MR) is 69.6 cm³/mol. The second-order valence-corrected chi connectivity index (χ2v) is 6.17. The molecule has 0 radical (unpaired) electrons. The third kappa shape index (κ3) is 2.98. The van der Waals surface area contributed by atoms with Crippen molar-refractivity contribution in [3.8, 4) is 0 Å². The van der Waals surface area contributed by atoms with Crippen molar-refractivity contribution in [1.82, 2.24) is 10.2 Å².